The fraction of sp³-hybridized carbons (Fsp3) is 0.462. The highest BCUT2D eigenvalue weighted by atomic mass is 16.1. The number of aryl methyl sites for hydroxylation is 1. The summed E-state index contributed by atoms with van der Waals surface area (Å²) in [5, 5.41) is 0. The summed E-state index contributed by atoms with van der Waals surface area (Å²) in [7, 11) is 0. The van der Waals surface area contributed by atoms with Crippen LogP contribution < -0.4 is 0 Å². The molecule has 0 fully saturated rings. The number of carbonyl (C=O) groups is 1. The smallest absolute Gasteiger partial charge is 0.163 e. The van der Waals surface area contributed by atoms with Crippen LogP contribution >= 0.6 is 0 Å². The van der Waals surface area contributed by atoms with E-state index in [1.54, 1.807) is 0 Å². The van der Waals surface area contributed by atoms with Crippen molar-refractivity contribution in [2.45, 2.75) is 33.1 Å². The summed E-state index contributed by atoms with van der Waals surface area (Å²) < 4.78 is 0. The van der Waals surface area contributed by atoms with Gasteiger partial charge in [-0.2, -0.15) is 0 Å². The van der Waals surface area contributed by atoms with Crippen molar-refractivity contribution >= 4 is 5.78 Å². The Morgan fingerprint density at radius 3 is 2.86 bits per heavy atom. The fourth-order valence-corrected chi connectivity index (χ4v) is 2.33. The van der Waals surface area contributed by atoms with Crippen molar-refractivity contribution in [3.63, 3.8) is 0 Å². The molecule has 1 unspecified atom stereocenters. The van der Waals surface area contributed by atoms with Crippen molar-refractivity contribution in [1.29, 1.82) is 0 Å². The van der Waals surface area contributed by atoms with E-state index in [-0.39, 0.29) is 0 Å². The topological polar surface area (TPSA) is 17.1 Å². The van der Waals surface area contributed by atoms with Gasteiger partial charge in [0, 0.05) is 12.0 Å². The first-order chi connectivity index (χ1) is 6.72. The van der Waals surface area contributed by atoms with E-state index in [9.17, 15) is 4.79 Å². The molecule has 1 aromatic rings. The van der Waals surface area contributed by atoms with Crippen LogP contribution in [0.4, 0.5) is 0 Å². The molecule has 0 saturated carbocycles. The number of rotatable bonds is 1. The molecule has 2 rings (SSSR count). The van der Waals surface area contributed by atoms with Crippen molar-refractivity contribution in [2.24, 2.45) is 5.92 Å². The number of fused-ring (bicyclic) bond motifs is 1. The molecular formula is C13H16O. The largest absolute Gasteiger partial charge is 0.294 e. The van der Waals surface area contributed by atoms with Gasteiger partial charge in [0.05, 0.1) is 0 Å². The number of carbonyl (C=O) groups excluding carboxylic acids is 1. The van der Waals surface area contributed by atoms with Crippen LogP contribution in [0.5, 0.6) is 0 Å². The van der Waals surface area contributed by atoms with Crippen molar-refractivity contribution in [2.75, 3.05) is 0 Å². The first kappa shape index (κ1) is 9.45. The molecule has 1 aliphatic carbocycles. The highest BCUT2D eigenvalue weighted by Gasteiger charge is 2.24. The maximum Gasteiger partial charge on any atom is 0.163 e. The zero-order chi connectivity index (χ0) is 10.1. The second-order valence-electron chi connectivity index (χ2n) is 4.21. The summed E-state index contributed by atoms with van der Waals surface area (Å²) in [5.74, 6) is 0.910. The number of ketones is 1. The number of hydrogen-bond acceptors (Lipinski definition) is 1. The molecular weight excluding hydrogens is 172 g/mol. The quantitative estimate of drug-likeness (QED) is 0.661. The van der Waals surface area contributed by atoms with E-state index >= 15 is 0 Å². The molecule has 1 nitrogen and oxygen atoms in total. The van der Waals surface area contributed by atoms with Gasteiger partial charge in [0.25, 0.3) is 0 Å². The summed E-state index contributed by atoms with van der Waals surface area (Å²) in [4.78, 5) is 11.9. The van der Waals surface area contributed by atoms with Crippen molar-refractivity contribution in [1.82, 2.24) is 0 Å². The number of benzene rings is 1. The van der Waals surface area contributed by atoms with Gasteiger partial charge in [0.15, 0.2) is 5.78 Å². The second-order valence-corrected chi connectivity index (χ2v) is 4.21. The Balaban J connectivity index is 2.45. The molecule has 0 heterocycles. The molecule has 0 amide bonds. The highest BCUT2D eigenvalue weighted by Crippen LogP contribution is 2.29. The van der Waals surface area contributed by atoms with Crippen LogP contribution in [0.1, 0.15) is 41.3 Å². The normalized spacial score (nSPS) is 20.7. The molecule has 0 spiro atoms. The third-order valence-electron chi connectivity index (χ3n) is 3.20. The van der Waals surface area contributed by atoms with Crippen molar-refractivity contribution in [3.05, 3.63) is 34.9 Å². The number of Topliss-reactive ketones (excluding diaryl/α,β-unsaturated/α-hetero) is 1. The maximum absolute atomic E-state index is 11.9. The molecule has 1 atom stereocenters. The van der Waals surface area contributed by atoms with Gasteiger partial charge < -0.3 is 0 Å². The molecule has 0 aromatic heterocycles. The van der Waals surface area contributed by atoms with E-state index in [1.807, 2.05) is 13.0 Å². The predicted octanol–water partition coefficient (Wildman–Crippen LogP) is 3.15. The van der Waals surface area contributed by atoms with Crippen LogP contribution in [-0.2, 0) is 6.42 Å². The van der Waals surface area contributed by atoms with Crippen LogP contribution in [-0.4, -0.2) is 5.78 Å². The minimum atomic E-state index is 0.344. The van der Waals surface area contributed by atoms with Gasteiger partial charge in [0.1, 0.15) is 0 Å². The molecule has 74 valence electrons. The van der Waals surface area contributed by atoms with Crippen molar-refractivity contribution < 1.29 is 4.79 Å². The minimum Gasteiger partial charge on any atom is -0.294 e. The lowest BCUT2D eigenvalue weighted by atomic mass is 9.80. The fourth-order valence-electron chi connectivity index (χ4n) is 2.33. The summed E-state index contributed by atoms with van der Waals surface area (Å²) in [6, 6.07) is 6.19. The molecule has 1 heteroatoms. The molecule has 1 aliphatic rings. The van der Waals surface area contributed by atoms with Crippen LogP contribution in [0.25, 0.3) is 0 Å². The zero-order valence-electron chi connectivity index (χ0n) is 8.84. The average Bonchev–Trinajstić information content (AvgIpc) is 2.17. The Kier molecular flexibility index (Phi) is 2.40. The van der Waals surface area contributed by atoms with Gasteiger partial charge in [-0.3, -0.25) is 4.79 Å². The second kappa shape index (κ2) is 3.56. The minimum absolute atomic E-state index is 0.344. The van der Waals surface area contributed by atoms with E-state index in [2.05, 4.69) is 19.1 Å². The van der Waals surface area contributed by atoms with Gasteiger partial charge in [-0.05, 0) is 30.4 Å². The standard InChI is InChI=1S/C13H16O/c1-3-10-7-11-6-4-5-9(2)13(11)12(14)8-10/h4-6,10H,3,7-8H2,1-2H3. The Morgan fingerprint density at radius 2 is 2.14 bits per heavy atom. The van der Waals surface area contributed by atoms with Gasteiger partial charge in [0.2, 0.25) is 0 Å². The summed E-state index contributed by atoms with van der Waals surface area (Å²) in [6.07, 6.45) is 2.94. The molecule has 0 aliphatic heterocycles. The van der Waals surface area contributed by atoms with Gasteiger partial charge in [-0.15, -0.1) is 0 Å². The Labute approximate surface area is 85.1 Å². The summed E-state index contributed by atoms with van der Waals surface area (Å²) >= 11 is 0. The van der Waals surface area contributed by atoms with Crippen molar-refractivity contribution in [3.8, 4) is 0 Å². The lowest BCUT2D eigenvalue weighted by Gasteiger charge is -2.23. The molecule has 0 N–H and O–H groups in total. The first-order valence-electron chi connectivity index (χ1n) is 5.34. The zero-order valence-corrected chi connectivity index (χ0v) is 8.84. The van der Waals surface area contributed by atoms with E-state index in [0.29, 0.717) is 11.7 Å². The van der Waals surface area contributed by atoms with Crippen LogP contribution in [0.3, 0.4) is 0 Å². The van der Waals surface area contributed by atoms with Gasteiger partial charge >= 0.3 is 0 Å². The highest BCUT2D eigenvalue weighted by molar-refractivity contribution is 6.00. The molecule has 0 bridgehead atoms. The van der Waals surface area contributed by atoms with E-state index in [4.69, 9.17) is 0 Å². The molecule has 0 saturated heterocycles. The SMILES string of the molecule is CCC1CC(=O)c2c(C)cccc2C1. The maximum atomic E-state index is 11.9. The Bertz CT molecular complexity index is 365. The lowest BCUT2D eigenvalue weighted by Crippen LogP contribution is -2.20. The molecule has 0 radical (unpaired) electrons. The van der Waals surface area contributed by atoms with Gasteiger partial charge in [-0.25, -0.2) is 0 Å². The van der Waals surface area contributed by atoms with Crippen LogP contribution in [0, 0.1) is 12.8 Å². The third kappa shape index (κ3) is 1.47. The average molecular weight is 188 g/mol. The monoisotopic (exact) mass is 188 g/mol. The van der Waals surface area contributed by atoms with E-state index in [1.165, 1.54) is 5.56 Å². The summed E-state index contributed by atoms with van der Waals surface area (Å²) in [5.41, 5.74) is 3.40. The first-order valence-corrected chi connectivity index (χ1v) is 5.34. The predicted molar refractivity (Wildman–Crippen MR) is 57.6 cm³/mol. The Morgan fingerprint density at radius 1 is 1.36 bits per heavy atom. The molecule has 1 aromatic carbocycles. The van der Waals surface area contributed by atoms with E-state index in [0.717, 1.165) is 30.4 Å². The third-order valence-corrected chi connectivity index (χ3v) is 3.20. The molecule has 14 heavy (non-hydrogen) atoms. The lowest BCUT2D eigenvalue weighted by molar-refractivity contribution is 0.0947. The van der Waals surface area contributed by atoms with Gasteiger partial charge in [-0.1, -0.05) is 31.5 Å². The number of hydrogen-bond donors (Lipinski definition) is 0. The van der Waals surface area contributed by atoms with Crippen LogP contribution in [0.15, 0.2) is 18.2 Å². The van der Waals surface area contributed by atoms with Crippen LogP contribution in [0.2, 0.25) is 0 Å². The Hall–Kier alpha value is -1.11. The summed E-state index contributed by atoms with van der Waals surface area (Å²) in [6.45, 7) is 4.20. The van der Waals surface area contributed by atoms with E-state index < -0.39 is 0 Å².